The largest absolute Gasteiger partial charge is 0.381 e. The van der Waals surface area contributed by atoms with E-state index in [1.807, 2.05) is 11.8 Å². The summed E-state index contributed by atoms with van der Waals surface area (Å²) < 4.78 is 5.32. The van der Waals surface area contributed by atoms with Crippen LogP contribution in [0.3, 0.4) is 0 Å². The fraction of sp³-hybridized carbons (Fsp3) is 0.450. The van der Waals surface area contributed by atoms with Crippen molar-refractivity contribution in [1.29, 1.82) is 0 Å². The molecule has 1 unspecified atom stereocenters. The van der Waals surface area contributed by atoms with E-state index < -0.39 is 6.04 Å². The molecule has 0 bridgehead atoms. The molecular weight excluding hydrogens is 368 g/mol. The molecule has 142 valence electrons. The first kappa shape index (κ1) is 21.0. The van der Waals surface area contributed by atoms with Crippen LogP contribution in [0.25, 0.3) is 10.8 Å². The first-order valence-corrected chi connectivity index (χ1v) is 10.1. The summed E-state index contributed by atoms with van der Waals surface area (Å²) in [6, 6.07) is 14.5. The molecule has 1 aliphatic heterocycles. The molecule has 1 atom stereocenters. The van der Waals surface area contributed by atoms with E-state index in [0.29, 0.717) is 19.8 Å². The molecule has 26 heavy (non-hydrogen) atoms. The lowest BCUT2D eigenvalue weighted by molar-refractivity contribution is -0.124. The van der Waals surface area contributed by atoms with Gasteiger partial charge in [-0.1, -0.05) is 42.5 Å². The van der Waals surface area contributed by atoms with Crippen molar-refractivity contribution >= 4 is 40.8 Å². The van der Waals surface area contributed by atoms with Gasteiger partial charge in [-0.05, 0) is 35.1 Å². The molecule has 1 saturated heterocycles. The zero-order valence-corrected chi connectivity index (χ0v) is 16.5. The first-order chi connectivity index (χ1) is 12.3. The SMILES string of the molecule is Cl.NC(C(=O)NCCSCc1cccc2ccccc12)C1CCOCC1. The Kier molecular flexibility index (Phi) is 8.72. The normalized spacial score (nSPS) is 16.0. The van der Waals surface area contributed by atoms with Crippen LogP contribution in [0.2, 0.25) is 0 Å². The molecule has 0 saturated carbocycles. The Balaban J connectivity index is 0.00000243. The minimum Gasteiger partial charge on any atom is -0.381 e. The Morgan fingerprint density at radius 3 is 2.73 bits per heavy atom. The van der Waals surface area contributed by atoms with Gasteiger partial charge in [-0.15, -0.1) is 12.4 Å². The number of ether oxygens (including phenoxy) is 1. The summed E-state index contributed by atoms with van der Waals surface area (Å²) >= 11 is 1.83. The number of thioether (sulfide) groups is 1. The van der Waals surface area contributed by atoms with E-state index >= 15 is 0 Å². The number of carbonyl (C=O) groups excluding carboxylic acids is 1. The van der Waals surface area contributed by atoms with Gasteiger partial charge in [-0.25, -0.2) is 0 Å². The highest BCUT2D eigenvalue weighted by Crippen LogP contribution is 2.22. The van der Waals surface area contributed by atoms with Gasteiger partial charge >= 0.3 is 0 Å². The molecular formula is C20H27ClN2O2S. The van der Waals surface area contributed by atoms with Crippen molar-refractivity contribution in [3.05, 3.63) is 48.0 Å². The summed E-state index contributed by atoms with van der Waals surface area (Å²) in [6.45, 7) is 2.09. The van der Waals surface area contributed by atoms with Gasteiger partial charge in [0.1, 0.15) is 0 Å². The highest BCUT2D eigenvalue weighted by atomic mass is 35.5. The molecule has 6 heteroatoms. The summed E-state index contributed by atoms with van der Waals surface area (Å²) in [5, 5.41) is 5.56. The molecule has 1 heterocycles. The van der Waals surface area contributed by atoms with Gasteiger partial charge in [0.05, 0.1) is 6.04 Å². The van der Waals surface area contributed by atoms with E-state index in [1.165, 1.54) is 16.3 Å². The van der Waals surface area contributed by atoms with Crippen molar-refractivity contribution in [2.45, 2.75) is 24.6 Å². The van der Waals surface area contributed by atoms with Crippen LogP contribution in [-0.2, 0) is 15.3 Å². The maximum Gasteiger partial charge on any atom is 0.237 e. The Hall–Kier alpha value is -1.27. The highest BCUT2D eigenvalue weighted by Gasteiger charge is 2.26. The number of amides is 1. The maximum absolute atomic E-state index is 12.2. The average molecular weight is 395 g/mol. The minimum atomic E-state index is -0.410. The molecule has 0 aromatic heterocycles. The van der Waals surface area contributed by atoms with Crippen molar-refractivity contribution in [3.63, 3.8) is 0 Å². The molecule has 3 N–H and O–H groups in total. The Labute approximate surface area is 165 Å². The molecule has 3 rings (SSSR count). The zero-order chi connectivity index (χ0) is 17.5. The smallest absolute Gasteiger partial charge is 0.237 e. The van der Waals surface area contributed by atoms with Crippen LogP contribution in [0.4, 0.5) is 0 Å². The second-order valence-electron chi connectivity index (χ2n) is 6.46. The van der Waals surface area contributed by atoms with Gasteiger partial charge in [0.2, 0.25) is 5.91 Å². The number of carbonyl (C=O) groups is 1. The minimum absolute atomic E-state index is 0. The molecule has 1 aliphatic rings. The second kappa shape index (κ2) is 10.8. The van der Waals surface area contributed by atoms with Crippen molar-refractivity contribution in [3.8, 4) is 0 Å². The molecule has 0 aliphatic carbocycles. The third-order valence-corrected chi connectivity index (χ3v) is 5.77. The Morgan fingerprint density at radius 1 is 1.19 bits per heavy atom. The number of nitrogens with two attached hydrogens (primary N) is 1. The first-order valence-electron chi connectivity index (χ1n) is 8.91. The predicted octanol–water partition coefficient (Wildman–Crippen LogP) is 3.36. The second-order valence-corrected chi connectivity index (χ2v) is 7.56. The van der Waals surface area contributed by atoms with Crippen molar-refractivity contribution in [2.24, 2.45) is 11.7 Å². The summed E-state index contributed by atoms with van der Waals surface area (Å²) in [5.74, 6) is 2.05. The van der Waals surface area contributed by atoms with E-state index in [0.717, 1.165) is 24.3 Å². The van der Waals surface area contributed by atoms with Crippen LogP contribution in [0.15, 0.2) is 42.5 Å². The standard InChI is InChI=1S/C20H26N2O2S.ClH/c21-19(16-8-11-24-12-9-16)20(23)22-10-13-25-14-17-6-3-5-15-4-1-2-7-18(15)17;/h1-7,16,19H,8-14,21H2,(H,22,23);1H. The lowest BCUT2D eigenvalue weighted by Gasteiger charge is -2.26. The lowest BCUT2D eigenvalue weighted by Crippen LogP contribution is -2.47. The monoisotopic (exact) mass is 394 g/mol. The van der Waals surface area contributed by atoms with E-state index in [2.05, 4.69) is 47.8 Å². The number of fused-ring (bicyclic) bond motifs is 1. The van der Waals surface area contributed by atoms with Crippen LogP contribution in [0.1, 0.15) is 18.4 Å². The van der Waals surface area contributed by atoms with Gasteiger partial charge < -0.3 is 15.8 Å². The third kappa shape index (κ3) is 5.61. The number of hydrogen-bond acceptors (Lipinski definition) is 4. The quantitative estimate of drug-likeness (QED) is 0.707. The van der Waals surface area contributed by atoms with Crippen LogP contribution >= 0.6 is 24.2 Å². The Bertz CT molecular complexity index is 702. The number of nitrogens with one attached hydrogen (secondary N) is 1. The lowest BCUT2D eigenvalue weighted by atomic mass is 9.92. The molecule has 2 aromatic carbocycles. The molecule has 4 nitrogen and oxygen atoms in total. The molecule has 1 amide bonds. The van der Waals surface area contributed by atoms with E-state index in [-0.39, 0.29) is 24.2 Å². The van der Waals surface area contributed by atoms with Gasteiger partial charge in [0, 0.05) is 31.3 Å². The fourth-order valence-electron chi connectivity index (χ4n) is 3.25. The molecule has 0 radical (unpaired) electrons. The zero-order valence-electron chi connectivity index (χ0n) is 14.9. The highest BCUT2D eigenvalue weighted by molar-refractivity contribution is 7.98. The van der Waals surface area contributed by atoms with Crippen LogP contribution in [0, 0.1) is 5.92 Å². The van der Waals surface area contributed by atoms with E-state index in [1.54, 1.807) is 0 Å². The summed E-state index contributed by atoms with van der Waals surface area (Å²) in [4.78, 5) is 12.2. The molecule has 1 fully saturated rings. The fourth-order valence-corrected chi connectivity index (χ4v) is 4.12. The van der Waals surface area contributed by atoms with E-state index in [4.69, 9.17) is 10.5 Å². The number of rotatable bonds is 7. The van der Waals surface area contributed by atoms with Gasteiger partial charge in [-0.2, -0.15) is 11.8 Å². The predicted molar refractivity (Wildman–Crippen MR) is 112 cm³/mol. The molecule has 0 spiro atoms. The van der Waals surface area contributed by atoms with E-state index in [9.17, 15) is 4.79 Å². The maximum atomic E-state index is 12.2. The summed E-state index contributed by atoms with van der Waals surface area (Å²) in [5.41, 5.74) is 7.43. The van der Waals surface area contributed by atoms with Crippen molar-refractivity contribution in [1.82, 2.24) is 5.32 Å². The molecule has 2 aromatic rings. The summed E-state index contributed by atoms with van der Waals surface area (Å²) in [6.07, 6.45) is 1.76. The van der Waals surface area contributed by atoms with Crippen molar-refractivity contribution < 1.29 is 9.53 Å². The number of hydrogen-bond donors (Lipinski definition) is 2. The van der Waals surface area contributed by atoms with Crippen molar-refractivity contribution in [2.75, 3.05) is 25.5 Å². The number of benzene rings is 2. The van der Waals surface area contributed by atoms with Gasteiger partial charge in [0.15, 0.2) is 0 Å². The van der Waals surface area contributed by atoms with Gasteiger partial charge in [-0.3, -0.25) is 4.79 Å². The average Bonchev–Trinajstić information content (AvgIpc) is 2.67. The topological polar surface area (TPSA) is 64.4 Å². The van der Waals surface area contributed by atoms with Gasteiger partial charge in [0.25, 0.3) is 0 Å². The van der Waals surface area contributed by atoms with Crippen LogP contribution in [-0.4, -0.2) is 37.5 Å². The van der Waals surface area contributed by atoms with Crippen LogP contribution < -0.4 is 11.1 Å². The third-order valence-electron chi connectivity index (χ3n) is 4.76. The number of halogens is 1. The summed E-state index contributed by atoms with van der Waals surface area (Å²) in [7, 11) is 0. The Morgan fingerprint density at radius 2 is 1.92 bits per heavy atom. The van der Waals surface area contributed by atoms with Crippen LogP contribution in [0.5, 0.6) is 0 Å².